The number of hydrogen-bond acceptors (Lipinski definition) is 3. The Morgan fingerprint density at radius 2 is 1.76 bits per heavy atom. The first kappa shape index (κ1) is 13.1. The van der Waals surface area contributed by atoms with Gasteiger partial charge in [0, 0.05) is 16.7 Å². The van der Waals surface area contributed by atoms with Crippen LogP contribution < -0.4 is 0 Å². The highest BCUT2D eigenvalue weighted by Gasteiger charge is 2.25. The first-order chi connectivity index (χ1) is 10.2. The molecule has 2 aromatic rings. The molecule has 3 rings (SSSR count). The van der Waals surface area contributed by atoms with Gasteiger partial charge in [0.05, 0.1) is 7.11 Å². The van der Waals surface area contributed by atoms with Crippen LogP contribution in [-0.4, -0.2) is 18.9 Å². The Morgan fingerprint density at radius 3 is 2.52 bits per heavy atom. The molecule has 0 aliphatic heterocycles. The van der Waals surface area contributed by atoms with E-state index in [0.29, 0.717) is 5.56 Å². The molecule has 1 aliphatic carbocycles. The summed E-state index contributed by atoms with van der Waals surface area (Å²) in [7, 11) is 1.33. The molecule has 0 spiro atoms. The molecule has 0 saturated carbocycles. The molecular weight excluding hydrogens is 264 g/mol. The third kappa shape index (κ3) is 2.32. The Hall–Kier alpha value is -2.86. The third-order valence-corrected chi connectivity index (χ3v) is 3.42. The predicted octanol–water partition coefficient (Wildman–Crippen LogP) is 2.81. The summed E-state index contributed by atoms with van der Waals surface area (Å²) in [5.74, 6) is 5.28. The highest BCUT2D eigenvalue weighted by molar-refractivity contribution is 6.21. The molecule has 0 unspecified atom stereocenters. The Kier molecular flexibility index (Phi) is 3.29. The molecule has 102 valence electrons. The molecule has 0 atom stereocenters. The summed E-state index contributed by atoms with van der Waals surface area (Å²) in [6, 6.07) is 13.1. The van der Waals surface area contributed by atoms with Crippen molar-refractivity contribution < 1.29 is 14.3 Å². The van der Waals surface area contributed by atoms with Gasteiger partial charge in [0.2, 0.25) is 0 Å². The van der Waals surface area contributed by atoms with Crippen LogP contribution >= 0.6 is 0 Å². The highest BCUT2D eigenvalue weighted by atomic mass is 16.5. The zero-order valence-corrected chi connectivity index (χ0v) is 11.5. The Balaban J connectivity index is 1.94. The average molecular weight is 276 g/mol. The Labute approximate surface area is 122 Å². The van der Waals surface area contributed by atoms with Crippen LogP contribution in [-0.2, 0) is 9.53 Å². The average Bonchev–Trinajstić information content (AvgIpc) is 2.80. The van der Waals surface area contributed by atoms with Crippen molar-refractivity contribution in [2.24, 2.45) is 0 Å². The molecule has 3 nitrogen and oxygen atoms in total. The van der Waals surface area contributed by atoms with E-state index in [2.05, 4.69) is 16.6 Å². The number of fused-ring (bicyclic) bond motifs is 3. The summed E-state index contributed by atoms with van der Waals surface area (Å²) >= 11 is 0. The van der Waals surface area contributed by atoms with Crippen LogP contribution in [0.25, 0.3) is 11.1 Å². The molecule has 2 aromatic carbocycles. The summed E-state index contributed by atoms with van der Waals surface area (Å²) < 4.78 is 4.53. The summed E-state index contributed by atoms with van der Waals surface area (Å²) in [4.78, 5) is 23.4. The van der Waals surface area contributed by atoms with Crippen molar-refractivity contribution in [1.29, 1.82) is 0 Å². The molecule has 0 aromatic heterocycles. The number of ether oxygens (including phenoxy) is 1. The van der Waals surface area contributed by atoms with E-state index < -0.39 is 0 Å². The number of ketones is 1. The minimum absolute atomic E-state index is 0.0252. The minimum atomic E-state index is -0.368. The van der Waals surface area contributed by atoms with Crippen molar-refractivity contribution in [3.8, 4) is 23.0 Å². The summed E-state index contributed by atoms with van der Waals surface area (Å²) in [5, 5.41) is 0. The highest BCUT2D eigenvalue weighted by Crippen LogP contribution is 2.36. The maximum absolute atomic E-state index is 12.3. The molecule has 0 N–H and O–H groups in total. The lowest BCUT2D eigenvalue weighted by Gasteiger charge is -1.99. The SMILES string of the molecule is COC(=O)CC#Cc1ccc2c(c1)C(=O)c1ccccc1-2. The van der Waals surface area contributed by atoms with Crippen LogP contribution in [0.15, 0.2) is 42.5 Å². The van der Waals surface area contributed by atoms with Crippen molar-refractivity contribution in [3.05, 3.63) is 59.2 Å². The predicted molar refractivity (Wildman–Crippen MR) is 78.8 cm³/mol. The van der Waals surface area contributed by atoms with Gasteiger partial charge in [-0.25, -0.2) is 0 Å². The van der Waals surface area contributed by atoms with E-state index in [1.165, 1.54) is 7.11 Å². The third-order valence-electron chi connectivity index (χ3n) is 3.42. The van der Waals surface area contributed by atoms with Crippen molar-refractivity contribution in [2.75, 3.05) is 7.11 Å². The second-order valence-corrected chi connectivity index (χ2v) is 4.69. The first-order valence-corrected chi connectivity index (χ1v) is 6.54. The van der Waals surface area contributed by atoms with E-state index in [1.54, 1.807) is 6.07 Å². The zero-order chi connectivity index (χ0) is 14.8. The standard InChI is InChI=1S/C18H12O3/c1-21-17(19)8-4-5-12-9-10-14-13-6-2-3-7-15(13)18(20)16(14)11-12/h2-3,6-7,9-11H,8H2,1H3. The van der Waals surface area contributed by atoms with Crippen molar-refractivity contribution >= 4 is 11.8 Å². The lowest BCUT2D eigenvalue weighted by Crippen LogP contribution is -1.97. The van der Waals surface area contributed by atoms with E-state index in [1.807, 2.05) is 36.4 Å². The van der Waals surface area contributed by atoms with Gasteiger partial charge in [0.25, 0.3) is 0 Å². The largest absolute Gasteiger partial charge is 0.468 e. The van der Waals surface area contributed by atoms with Gasteiger partial charge in [0.15, 0.2) is 5.78 Å². The van der Waals surface area contributed by atoms with Gasteiger partial charge < -0.3 is 4.74 Å². The fourth-order valence-corrected chi connectivity index (χ4v) is 2.40. The molecule has 0 radical (unpaired) electrons. The topological polar surface area (TPSA) is 43.4 Å². The molecule has 1 aliphatic rings. The number of methoxy groups -OCH3 is 1. The molecule has 0 heterocycles. The van der Waals surface area contributed by atoms with Gasteiger partial charge in [-0.2, -0.15) is 0 Å². The number of hydrogen-bond donors (Lipinski definition) is 0. The molecular formula is C18H12O3. The lowest BCUT2D eigenvalue weighted by molar-refractivity contribution is -0.139. The van der Waals surface area contributed by atoms with Crippen LogP contribution in [0.4, 0.5) is 0 Å². The molecule has 3 heteroatoms. The van der Waals surface area contributed by atoms with Crippen molar-refractivity contribution in [1.82, 2.24) is 0 Å². The quantitative estimate of drug-likeness (QED) is 0.507. The number of carbonyl (C=O) groups excluding carboxylic acids is 2. The molecule has 0 saturated heterocycles. The van der Waals surface area contributed by atoms with E-state index in [4.69, 9.17) is 0 Å². The summed E-state index contributed by atoms with van der Waals surface area (Å²) in [5.41, 5.74) is 4.02. The Morgan fingerprint density at radius 1 is 1.05 bits per heavy atom. The van der Waals surface area contributed by atoms with Gasteiger partial charge in [-0.15, -0.1) is 0 Å². The number of benzene rings is 2. The minimum Gasteiger partial charge on any atom is -0.468 e. The van der Waals surface area contributed by atoms with Crippen molar-refractivity contribution in [2.45, 2.75) is 6.42 Å². The normalized spacial score (nSPS) is 11.2. The van der Waals surface area contributed by atoms with E-state index >= 15 is 0 Å². The van der Waals surface area contributed by atoms with Crippen molar-refractivity contribution in [3.63, 3.8) is 0 Å². The monoisotopic (exact) mass is 276 g/mol. The summed E-state index contributed by atoms with van der Waals surface area (Å²) in [6.45, 7) is 0. The van der Waals surface area contributed by atoms with Gasteiger partial charge >= 0.3 is 5.97 Å². The Bertz CT molecular complexity index is 807. The number of rotatable bonds is 1. The van der Waals surface area contributed by atoms with Crippen LogP contribution in [0, 0.1) is 11.8 Å². The van der Waals surface area contributed by atoms with Crippen LogP contribution in [0.2, 0.25) is 0 Å². The van der Waals surface area contributed by atoms with E-state index in [-0.39, 0.29) is 18.2 Å². The van der Waals surface area contributed by atoms with Crippen LogP contribution in [0.3, 0.4) is 0 Å². The maximum atomic E-state index is 12.3. The second kappa shape index (κ2) is 5.26. The lowest BCUT2D eigenvalue weighted by atomic mass is 10.0. The first-order valence-electron chi connectivity index (χ1n) is 6.54. The zero-order valence-electron chi connectivity index (χ0n) is 11.5. The summed E-state index contributed by atoms with van der Waals surface area (Å²) in [6.07, 6.45) is 0.0434. The van der Waals surface area contributed by atoms with Crippen LogP contribution in [0.1, 0.15) is 27.9 Å². The second-order valence-electron chi connectivity index (χ2n) is 4.69. The maximum Gasteiger partial charge on any atom is 0.317 e. The number of carbonyl (C=O) groups is 2. The van der Waals surface area contributed by atoms with Gasteiger partial charge in [0.1, 0.15) is 6.42 Å². The number of esters is 1. The molecule has 0 amide bonds. The fraction of sp³-hybridized carbons (Fsp3) is 0.111. The fourth-order valence-electron chi connectivity index (χ4n) is 2.40. The van der Waals surface area contributed by atoms with Crippen LogP contribution in [0.5, 0.6) is 0 Å². The molecule has 21 heavy (non-hydrogen) atoms. The van der Waals surface area contributed by atoms with Gasteiger partial charge in [-0.1, -0.05) is 42.2 Å². The van der Waals surface area contributed by atoms with Gasteiger partial charge in [-0.05, 0) is 23.3 Å². The molecule has 0 bridgehead atoms. The van der Waals surface area contributed by atoms with Gasteiger partial charge in [-0.3, -0.25) is 9.59 Å². The molecule has 0 fully saturated rings. The smallest absolute Gasteiger partial charge is 0.317 e. The van der Waals surface area contributed by atoms with E-state index in [0.717, 1.165) is 22.3 Å². The van der Waals surface area contributed by atoms with E-state index in [9.17, 15) is 9.59 Å².